The Kier molecular flexibility index (Phi) is 13.5. The number of allylic oxidation sites excluding steroid dienone is 5. The first-order valence-electron chi connectivity index (χ1n) is 9.40. The van der Waals surface area contributed by atoms with E-state index in [1.807, 2.05) is 46.8 Å². The Morgan fingerprint density at radius 2 is 1.50 bits per heavy atom. The van der Waals surface area contributed by atoms with Crippen LogP contribution in [0.2, 0.25) is 0 Å². The first kappa shape index (κ1) is 29.7. The summed E-state index contributed by atoms with van der Waals surface area (Å²) in [5.41, 5.74) is 3.39. The van der Waals surface area contributed by atoms with Crippen molar-refractivity contribution in [3.63, 3.8) is 0 Å². The number of hydrogen-bond acceptors (Lipinski definition) is 2. The molecule has 1 aliphatic carbocycles. The van der Waals surface area contributed by atoms with Crippen LogP contribution in [-0.2, 0) is 6.42 Å². The number of phenolic OH excluding ortho intramolecular Hbond substituents is 1. The second kappa shape index (κ2) is 13.7. The second-order valence-corrected chi connectivity index (χ2v) is 5.33. The van der Waals surface area contributed by atoms with Gasteiger partial charge < -0.3 is 5.11 Å². The summed E-state index contributed by atoms with van der Waals surface area (Å²) in [6.45, 7) is 13.6. The van der Waals surface area contributed by atoms with Crippen LogP contribution in [0.1, 0.15) is 57.0 Å². The molecule has 1 aliphatic rings. The van der Waals surface area contributed by atoms with Crippen LogP contribution in [0.5, 0.6) is 5.75 Å². The van der Waals surface area contributed by atoms with Crippen LogP contribution in [-0.4, -0.2) is 23.2 Å². The van der Waals surface area contributed by atoms with E-state index in [0.29, 0.717) is 12.0 Å². The van der Waals surface area contributed by atoms with Crippen molar-refractivity contribution >= 4 is 5.78 Å². The number of halogens is 6. The van der Waals surface area contributed by atoms with Gasteiger partial charge in [-0.3, -0.25) is 4.79 Å². The summed E-state index contributed by atoms with van der Waals surface area (Å²) in [6.07, 6.45) is -5.06. The van der Waals surface area contributed by atoms with E-state index in [9.17, 15) is 36.2 Å². The number of rotatable bonds is 2. The summed E-state index contributed by atoms with van der Waals surface area (Å²) in [5.74, 6) is 0.270. The average Bonchev–Trinajstić information content (AvgIpc) is 2.69. The highest BCUT2D eigenvalue weighted by Crippen LogP contribution is 2.36. The quantitative estimate of drug-likeness (QED) is 0.291. The summed E-state index contributed by atoms with van der Waals surface area (Å²) < 4.78 is 62.6. The Morgan fingerprint density at radius 3 is 1.90 bits per heavy atom. The van der Waals surface area contributed by atoms with Gasteiger partial charge in [0.25, 0.3) is 0 Å². The molecule has 0 spiro atoms. The standard InChI is InChI=1S/C16H16O2.C2F6.2C2H6/c1-3-11(4-2)9-13-6-5-12-10-14(17)7-8-15(12)16(13)18;3-1(4,5)2(6,7)8;2*1-2/h3-4,7-10,17H,1,5-6H2,2H3;;2*1-2H3/b11-4+,13-9+;;;. The fraction of sp³-hybridized carbons (Fsp3) is 0.409. The predicted octanol–water partition coefficient (Wildman–Crippen LogP) is 7.74. The van der Waals surface area contributed by atoms with Gasteiger partial charge in [0.2, 0.25) is 0 Å². The van der Waals surface area contributed by atoms with Gasteiger partial charge in [-0.1, -0.05) is 46.4 Å². The highest BCUT2D eigenvalue weighted by molar-refractivity contribution is 6.11. The average molecular weight is 438 g/mol. The second-order valence-electron chi connectivity index (χ2n) is 5.33. The van der Waals surface area contributed by atoms with Gasteiger partial charge in [-0.15, -0.1) is 0 Å². The third kappa shape index (κ3) is 9.33. The first-order valence-corrected chi connectivity index (χ1v) is 9.40. The Morgan fingerprint density at radius 1 is 1.00 bits per heavy atom. The minimum atomic E-state index is -6.06. The molecule has 1 aromatic carbocycles. The summed E-state index contributed by atoms with van der Waals surface area (Å²) in [7, 11) is 0. The van der Waals surface area contributed by atoms with Crippen LogP contribution in [0.25, 0.3) is 0 Å². The molecule has 170 valence electrons. The van der Waals surface area contributed by atoms with Gasteiger partial charge in [0.05, 0.1) is 0 Å². The maximum atomic E-state index is 12.3. The lowest BCUT2D eigenvalue weighted by atomic mass is 9.86. The maximum absolute atomic E-state index is 12.3. The van der Waals surface area contributed by atoms with Gasteiger partial charge in [0.15, 0.2) is 5.78 Å². The number of alkyl halides is 6. The molecule has 0 bridgehead atoms. The number of ketones is 1. The number of benzene rings is 1. The van der Waals surface area contributed by atoms with Crippen molar-refractivity contribution in [2.75, 3.05) is 0 Å². The van der Waals surface area contributed by atoms with Gasteiger partial charge in [-0.05, 0) is 55.2 Å². The molecule has 2 rings (SSSR count). The SMILES string of the molecule is C=CC(=C\C)/C=C1\CCc2cc(O)ccc2C1=O.CC.CC.FC(F)(F)C(F)(F)F. The number of hydrogen-bond donors (Lipinski definition) is 1. The van der Waals surface area contributed by atoms with E-state index in [0.717, 1.165) is 23.1 Å². The van der Waals surface area contributed by atoms with Crippen molar-refractivity contribution in [1.29, 1.82) is 0 Å². The lowest BCUT2D eigenvalue weighted by Gasteiger charge is -2.17. The third-order valence-corrected chi connectivity index (χ3v) is 3.52. The van der Waals surface area contributed by atoms with Crippen LogP contribution >= 0.6 is 0 Å². The first-order chi connectivity index (χ1) is 13.9. The smallest absolute Gasteiger partial charge is 0.487 e. The number of aryl methyl sites for hydroxylation is 1. The van der Waals surface area contributed by atoms with Crippen molar-refractivity contribution < 1.29 is 36.2 Å². The Hall–Kier alpha value is -2.51. The lowest BCUT2D eigenvalue weighted by Crippen LogP contribution is -2.30. The van der Waals surface area contributed by atoms with Gasteiger partial charge in [-0.25, -0.2) is 0 Å². The van der Waals surface area contributed by atoms with Gasteiger partial charge in [0, 0.05) is 11.1 Å². The third-order valence-electron chi connectivity index (χ3n) is 3.52. The molecule has 1 aromatic rings. The minimum absolute atomic E-state index is 0.0532. The zero-order valence-electron chi connectivity index (χ0n) is 17.7. The van der Waals surface area contributed by atoms with E-state index in [1.54, 1.807) is 24.3 Å². The van der Waals surface area contributed by atoms with Gasteiger partial charge in [0.1, 0.15) is 5.75 Å². The molecule has 30 heavy (non-hydrogen) atoms. The molecule has 1 N–H and O–H groups in total. The number of fused-ring (bicyclic) bond motifs is 1. The minimum Gasteiger partial charge on any atom is -0.508 e. The molecule has 2 nitrogen and oxygen atoms in total. The molecule has 0 saturated heterocycles. The number of Topliss-reactive ketones (excluding diaryl/α,β-unsaturated/α-hetero) is 1. The molecule has 0 saturated carbocycles. The number of carbonyl (C=O) groups excluding carboxylic acids is 1. The fourth-order valence-electron chi connectivity index (χ4n) is 2.16. The zero-order valence-corrected chi connectivity index (χ0v) is 17.7. The van der Waals surface area contributed by atoms with E-state index in [1.165, 1.54) is 0 Å². The molecule has 0 atom stereocenters. The van der Waals surface area contributed by atoms with Crippen molar-refractivity contribution in [2.24, 2.45) is 0 Å². The largest absolute Gasteiger partial charge is 0.508 e. The van der Waals surface area contributed by atoms with Crippen LogP contribution in [0, 0.1) is 0 Å². The van der Waals surface area contributed by atoms with Gasteiger partial charge >= 0.3 is 12.4 Å². The molecule has 8 heteroatoms. The van der Waals surface area contributed by atoms with Crippen LogP contribution < -0.4 is 0 Å². The fourth-order valence-corrected chi connectivity index (χ4v) is 2.16. The molecular formula is C22H28F6O2. The maximum Gasteiger partial charge on any atom is 0.487 e. The molecule has 0 unspecified atom stereocenters. The summed E-state index contributed by atoms with van der Waals surface area (Å²) in [4.78, 5) is 12.3. The number of carbonyl (C=O) groups is 1. The molecule has 0 fully saturated rings. The van der Waals surface area contributed by atoms with E-state index in [4.69, 9.17) is 0 Å². The van der Waals surface area contributed by atoms with Gasteiger partial charge in [-0.2, -0.15) is 26.3 Å². The number of phenols is 1. The van der Waals surface area contributed by atoms with Crippen molar-refractivity contribution in [2.45, 2.75) is 59.8 Å². The molecule has 0 amide bonds. The normalized spacial score (nSPS) is 14.8. The monoisotopic (exact) mass is 438 g/mol. The van der Waals surface area contributed by atoms with Crippen LogP contribution in [0.3, 0.4) is 0 Å². The lowest BCUT2D eigenvalue weighted by molar-refractivity contribution is -0.339. The molecule has 0 aliphatic heterocycles. The molecule has 0 heterocycles. The van der Waals surface area contributed by atoms with Crippen LogP contribution in [0.15, 0.2) is 54.2 Å². The summed E-state index contributed by atoms with van der Waals surface area (Å²) >= 11 is 0. The molecule has 0 aromatic heterocycles. The Bertz CT molecular complexity index is 729. The summed E-state index contributed by atoms with van der Waals surface area (Å²) in [5, 5.41) is 9.41. The van der Waals surface area contributed by atoms with Crippen molar-refractivity contribution in [3.05, 3.63) is 65.3 Å². The topological polar surface area (TPSA) is 37.3 Å². The van der Waals surface area contributed by atoms with Crippen molar-refractivity contribution in [3.8, 4) is 5.75 Å². The van der Waals surface area contributed by atoms with E-state index in [-0.39, 0.29) is 11.5 Å². The number of aromatic hydroxyl groups is 1. The highest BCUT2D eigenvalue weighted by Gasteiger charge is 2.58. The van der Waals surface area contributed by atoms with E-state index >= 15 is 0 Å². The van der Waals surface area contributed by atoms with Crippen molar-refractivity contribution in [1.82, 2.24) is 0 Å². The van der Waals surface area contributed by atoms with E-state index in [2.05, 4.69) is 6.58 Å². The molecule has 0 radical (unpaired) electrons. The van der Waals surface area contributed by atoms with Crippen LogP contribution in [0.4, 0.5) is 26.3 Å². The predicted molar refractivity (Wildman–Crippen MR) is 108 cm³/mol. The Labute approximate surface area is 173 Å². The van der Waals surface area contributed by atoms with E-state index < -0.39 is 12.4 Å². The highest BCUT2D eigenvalue weighted by atomic mass is 19.5. The molecular weight excluding hydrogens is 410 g/mol. The Balaban J connectivity index is 0. The zero-order chi connectivity index (χ0) is 24.1. The summed E-state index contributed by atoms with van der Waals surface area (Å²) in [6, 6.07) is 4.93.